The lowest BCUT2D eigenvalue weighted by atomic mass is 10.0. The Hall–Kier alpha value is -2.92. The number of nitrogens with one attached hydrogen (secondary N) is 2. The number of carbonyl (C=O) groups excluding carboxylic acids is 1. The SMILES string of the molecule is O=C(NC(=S)Nc1cccc(O)c1)c1cccc2ccccc12. The second-order valence-electron chi connectivity index (χ2n) is 4.99. The molecule has 0 aliphatic heterocycles. The number of hydrogen-bond acceptors (Lipinski definition) is 3. The van der Waals surface area contributed by atoms with Crippen molar-refractivity contribution in [2.24, 2.45) is 0 Å². The fourth-order valence-electron chi connectivity index (χ4n) is 2.34. The molecule has 3 N–H and O–H groups in total. The van der Waals surface area contributed by atoms with Gasteiger partial charge in [-0.2, -0.15) is 0 Å². The van der Waals surface area contributed by atoms with Crippen LogP contribution in [0, 0.1) is 0 Å². The van der Waals surface area contributed by atoms with Gasteiger partial charge in [-0.3, -0.25) is 10.1 Å². The topological polar surface area (TPSA) is 61.4 Å². The van der Waals surface area contributed by atoms with Crippen LogP contribution in [0.2, 0.25) is 0 Å². The van der Waals surface area contributed by atoms with Gasteiger partial charge in [0.15, 0.2) is 5.11 Å². The second-order valence-corrected chi connectivity index (χ2v) is 5.39. The highest BCUT2D eigenvalue weighted by molar-refractivity contribution is 7.80. The first-order valence-corrected chi connectivity index (χ1v) is 7.43. The summed E-state index contributed by atoms with van der Waals surface area (Å²) in [5.74, 6) is -0.155. The number of hydrogen-bond donors (Lipinski definition) is 3. The third-order valence-electron chi connectivity index (χ3n) is 3.37. The molecular formula is C18H14N2O2S. The number of phenols is 1. The van der Waals surface area contributed by atoms with Crippen molar-refractivity contribution < 1.29 is 9.90 Å². The minimum absolute atomic E-state index is 0.123. The average Bonchev–Trinajstić information content (AvgIpc) is 2.54. The van der Waals surface area contributed by atoms with Crippen molar-refractivity contribution in [2.75, 3.05) is 5.32 Å². The monoisotopic (exact) mass is 322 g/mol. The molecule has 0 bridgehead atoms. The number of amides is 1. The first-order valence-electron chi connectivity index (χ1n) is 7.02. The molecule has 3 aromatic rings. The van der Waals surface area contributed by atoms with E-state index in [2.05, 4.69) is 10.6 Å². The number of aromatic hydroxyl groups is 1. The molecule has 3 rings (SSSR count). The fraction of sp³-hybridized carbons (Fsp3) is 0. The fourth-order valence-corrected chi connectivity index (χ4v) is 2.55. The molecule has 23 heavy (non-hydrogen) atoms. The smallest absolute Gasteiger partial charge is 0.258 e. The molecule has 114 valence electrons. The Kier molecular flexibility index (Phi) is 4.21. The maximum atomic E-state index is 12.4. The van der Waals surface area contributed by atoms with E-state index in [1.54, 1.807) is 24.3 Å². The summed E-state index contributed by atoms with van der Waals surface area (Å²) in [6.07, 6.45) is 0. The highest BCUT2D eigenvalue weighted by Crippen LogP contribution is 2.19. The molecule has 0 aliphatic rings. The van der Waals surface area contributed by atoms with E-state index in [-0.39, 0.29) is 16.8 Å². The summed E-state index contributed by atoms with van der Waals surface area (Å²) in [6.45, 7) is 0. The predicted molar refractivity (Wildman–Crippen MR) is 95.7 cm³/mol. The zero-order valence-corrected chi connectivity index (χ0v) is 12.9. The normalized spacial score (nSPS) is 10.3. The Balaban J connectivity index is 1.77. The van der Waals surface area contributed by atoms with Crippen LogP contribution in [0.5, 0.6) is 5.75 Å². The van der Waals surface area contributed by atoms with Crippen LogP contribution in [0.3, 0.4) is 0 Å². The number of fused-ring (bicyclic) bond motifs is 1. The summed E-state index contributed by atoms with van der Waals surface area (Å²) >= 11 is 5.15. The molecule has 5 heteroatoms. The van der Waals surface area contributed by atoms with E-state index in [1.165, 1.54) is 6.07 Å². The van der Waals surface area contributed by atoms with Gasteiger partial charge in [-0.1, -0.05) is 42.5 Å². The van der Waals surface area contributed by atoms with Crippen molar-refractivity contribution in [3.63, 3.8) is 0 Å². The van der Waals surface area contributed by atoms with E-state index in [1.807, 2.05) is 36.4 Å². The quantitative estimate of drug-likeness (QED) is 0.630. The van der Waals surface area contributed by atoms with Gasteiger partial charge in [0, 0.05) is 17.3 Å². The Morgan fingerprint density at radius 2 is 1.70 bits per heavy atom. The second kappa shape index (κ2) is 6.46. The molecule has 0 saturated carbocycles. The van der Waals surface area contributed by atoms with Gasteiger partial charge < -0.3 is 10.4 Å². The standard InChI is InChI=1S/C18H14N2O2S/c21-14-8-4-7-13(11-14)19-18(23)20-17(22)16-10-3-6-12-5-1-2-9-15(12)16/h1-11,21H,(H2,19,20,22,23). The van der Waals surface area contributed by atoms with Crippen LogP contribution in [0.25, 0.3) is 10.8 Å². The lowest BCUT2D eigenvalue weighted by Gasteiger charge is -2.11. The Morgan fingerprint density at radius 3 is 2.52 bits per heavy atom. The first kappa shape index (κ1) is 15.0. The van der Waals surface area contributed by atoms with Crippen molar-refractivity contribution in [2.45, 2.75) is 0 Å². The maximum absolute atomic E-state index is 12.4. The van der Waals surface area contributed by atoms with Gasteiger partial charge in [-0.25, -0.2) is 0 Å². The molecular weight excluding hydrogens is 308 g/mol. The van der Waals surface area contributed by atoms with Crippen LogP contribution in [0.15, 0.2) is 66.7 Å². The van der Waals surface area contributed by atoms with Crippen LogP contribution in [0.1, 0.15) is 10.4 Å². The molecule has 1 amide bonds. The minimum Gasteiger partial charge on any atom is -0.508 e. The zero-order chi connectivity index (χ0) is 16.2. The number of carbonyl (C=O) groups is 1. The van der Waals surface area contributed by atoms with E-state index < -0.39 is 0 Å². The summed E-state index contributed by atoms with van der Waals surface area (Å²) in [7, 11) is 0. The molecule has 0 atom stereocenters. The van der Waals surface area contributed by atoms with Crippen molar-refractivity contribution in [1.82, 2.24) is 5.32 Å². The maximum Gasteiger partial charge on any atom is 0.258 e. The third-order valence-corrected chi connectivity index (χ3v) is 3.57. The lowest BCUT2D eigenvalue weighted by Crippen LogP contribution is -2.34. The third kappa shape index (κ3) is 3.46. The van der Waals surface area contributed by atoms with Crippen molar-refractivity contribution >= 4 is 39.7 Å². The minimum atomic E-state index is -0.278. The van der Waals surface area contributed by atoms with Crippen molar-refractivity contribution in [3.05, 3.63) is 72.3 Å². The van der Waals surface area contributed by atoms with Gasteiger partial charge in [0.1, 0.15) is 5.75 Å². The Labute approximate surface area is 138 Å². The lowest BCUT2D eigenvalue weighted by molar-refractivity contribution is 0.0979. The van der Waals surface area contributed by atoms with Crippen LogP contribution < -0.4 is 10.6 Å². The predicted octanol–water partition coefficient (Wildman–Crippen LogP) is 3.67. The summed E-state index contributed by atoms with van der Waals surface area (Å²) in [4.78, 5) is 12.4. The molecule has 0 radical (unpaired) electrons. The van der Waals surface area contributed by atoms with Crippen LogP contribution in [-0.2, 0) is 0 Å². The molecule has 3 aromatic carbocycles. The Bertz CT molecular complexity index is 888. The average molecular weight is 322 g/mol. The van der Waals surface area contributed by atoms with Crippen molar-refractivity contribution in [1.29, 1.82) is 0 Å². The van der Waals surface area contributed by atoms with Crippen molar-refractivity contribution in [3.8, 4) is 5.75 Å². The van der Waals surface area contributed by atoms with Gasteiger partial charge in [0.25, 0.3) is 5.91 Å². The summed E-state index contributed by atoms with van der Waals surface area (Å²) < 4.78 is 0. The largest absolute Gasteiger partial charge is 0.508 e. The molecule has 0 aromatic heterocycles. The number of rotatable bonds is 2. The molecule has 0 fully saturated rings. The van der Waals surface area contributed by atoms with E-state index in [4.69, 9.17) is 12.2 Å². The molecule has 0 aliphatic carbocycles. The van der Waals surface area contributed by atoms with Crippen LogP contribution >= 0.6 is 12.2 Å². The highest BCUT2D eigenvalue weighted by atomic mass is 32.1. The van der Waals surface area contributed by atoms with E-state index >= 15 is 0 Å². The van der Waals surface area contributed by atoms with Crippen LogP contribution in [-0.4, -0.2) is 16.1 Å². The number of benzene rings is 3. The zero-order valence-electron chi connectivity index (χ0n) is 12.1. The number of phenolic OH excluding ortho intramolecular Hbond substituents is 1. The van der Waals surface area contributed by atoms with E-state index in [0.29, 0.717) is 11.3 Å². The van der Waals surface area contributed by atoms with E-state index in [9.17, 15) is 9.90 Å². The van der Waals surface area contributed by atoms with Gasteiger partial charge in [-0.15, -0.1) is 0 Å². The number of thiocarbonyl (C=S) groups is 1. The molecule has 0 unspecified atom stereocenters. The number of anilines is 1. The van der Waals surface area contributed by atoms with Gasteiger partial charge in [0.05, 0.1) is 0 Å². The first-order chi connectivity index (χ1) is 11.1. The molecule has 0 spiro atoms. The molecule has 4 nitrogen and oxygen atoms in total. The van der Waals surface area contributed by atoms with Crippen LogP contribution in [0.4, 0.5) is 5.69 Å². The van der Waals surface area contributed by atoms with E-state index in [0.717, 1.165) is 10.8 Å². The van der Waals surface area contributed by atoms with Gasteiger partial charge in [-0.05, 0) is 41.2 Å². The van der Waals surface area contributed by atoms with Gasteiger partial charge in [0.2, 0.25) is 0 Å². The highest BCUT2D eigenvalue weighted by Gasteiger charge is 2.11. The summed E-state index contributed by atoms with van der Waals surface area (Å²) in [6, 6.07) is 19.7. The summed E-state index contributed by atoms with van der Waals surface area (Å²) in [5.41, 5.74) is 1.16. The summed E-state index contributed by atoms with van der Waals surface area (Å²) in [5, 5.41) is 17.0. The molecule has 0 heterocycles. The van der Waals surface area contributed by atoms with Gasteiger partial charge >= 0.3 is 0 Å². The Morgan fingerprint density at radius 1 is 0.957 bits per heavy atom. The molecule has 0 saturated heterocycles.